The van der Waals surface area contributed by atoms with Gasteiger partial charge in [0, 0.05) is 37.2 Å². The average molecular weight is 412 g/mol. The summed E-state index contributed by atoms with van der Waals surface area (Å²) in [5.74, 6) is -0.142. The minimum Gasteiger partial charge on any atom is -0.493 e. The molecule has 0 radical (unpaired) electrons. The standard InChI is InChI=1S/C22H24N2O6/c1-28-18-11-16(22(27)30-3)17(12-19(18)29-2)23-21(26)15-8-6-14(7-9-15)13-24-10-4-5-20(24)25/h6-9,11-12H,4-5,10,13H2,1-3H3,(H,23,26). The molecule has 2 aromatic carbocycles. The fourth-order valence-corrected chi connectivity index (χ4v) is 3.31. The maximum atomic E-state index is 12.7. The summed E-state index contributed by atoms with van der Waals surface area (Å²) < 4.78 is 15.3. The van der Waals surface area contributed by atoms with Crippen molar-refractivity contribution < 1.29 is 28.6 Å². The Morgan fingerprint density at radius 1 is 1.03 bits per heavy atom. The molecule has 2 amide bonds. The summed E-state index contributed by atoms with van der Waals surface area (Å²) >= 11 is 0. The van der Waals surface area contributed by atoms with Crippen LogP contribution in [0.4, 0.5) is 5.69 Å². The lowest BCUT2D eigenvalue weighted by Gasteiger charge is -2.16. The molecule has 1 aliphatic rings. The molecule has 1 saturated heterocycles. The van der Waals surface area contributed by atoms with E-state index in [0.717, 1.165) is 18.5 Å². The molecule has 0 spiro atoms. The van der Waals surface area contributed by atoms with Crippen LogP contribution in [0.1, 0.15) is 39.1 Å². The summed E-state index contributed by atoms with van der Waals surface area (Å²) in [6.07, 6.45) is 1.47. The zero-order valence-electron chi connectivity index (χ0n) is 17.2. The van der Waals surface area contributed by atoms with Gasteiger partial charge in [0.2, 0.25) is 5.91 Å². The maximum Gasteiger partial charge on any atom is 0.340 e. The molecule has 0 atom stereocenters. The van der Waals surface area contributed by atoms with E-state index in [1.807, 2.05) is 12.1 Å². The summed E-state index contributed by atoms with van der Waals surface area (Å²) in [5.41, 5.74) is 1.75. The first-order valence-corrected chi connectivity index (χ1v) is 9.49. The number of carbonyl (C=O) groups excluding carboxylic acids is 3. The van der Waals surface area contributed by atoms with Gasteiger partial charge in [-0.2, -0.15) is 0 Å². The van der Waals surface area contributed by atoms with E-state index in [9.17, 15) is 14.4 Å². The highest BCUT2D eigenvalue weighted by Crippen LogP contribution is 2.34. The molecule has 158 valence electrons. The quantitative estimate of drug-likeness (QED) is 0.703. The van der Waals surface area contributed by atoms with Crippen molar-refractivity contribution in [2.24, 2.45) is 0 Å². The molecule has 0 unspecified atom stereocenters. The van der Waals surface area contributed by atoms with E-state index in [0.29, 0.717) is 30.0 Å². The van der Waals surface area contributed by atoms with Gasteiger partial charge in [0.15, 0.2) is 11.5 Å². The second-order valence-electron chi connectivity index (χ2n) is 6.81. The van der Waals surface area contributed by atoms with Crippen LogP contribution in [0.5, 0.6) is 11.5 Å². The second kappa shape index (κ2) is 9.30. The topological polar surface area (TPSA) is 94.2 Å². The molecule has 0 aliphatic carbocycles. The van der Waals surface area contributed by atoms with Gasteiger partial charge in [-0.1, -0.05) is 12.1 Å². The summed E-state index contributed by atoms with van der Waals surface area (Å²) in [6.45, 7) is 1.29. The third-order valence-electron chi connectivity index (χ3n) is 4.94. The third-order valence-corrected chi connectivity index (χ3v) is 4.94. The molecule has 1 aliphatic heterocycles. The number of methoxy groups -OCH3 is 3. The average Bonchev–Trinajstić information content (AvgIpc) is 3.17. The van der Waals surface area contributed by atoms with Crippen molar-refractivity contribution in [3.8, 4) is 11.5 Å². The summed E-state index contributed by atoms with van der Waals surface area (Å²) in [6, 6.07) is 9.97. The van der Waals surface area contributed by atoms with Gasteiger partial charge in [-0.05, 0) is 24.1 Å². The predicted molar refractivity (Wildman–Crippen MR) is 110 cm³/mol. The molecule has 2 aromatic rings. The van der Waals surface area contributed by atoms with Gasteiger partial charge in [0.05, 0.1) is 32.6 Å². The Bertz CT molecular complexity index is 955. The van der Waals surface area contributed by atoms with Crippen LogP contribution in [0.15, 0.2) is 36.4 Å². The largest absolute Gasteiger partial charge is 0.493 e. The van der Waals surface area contributed by atoms with Crippen LogP contribution < -0.4 is 14.8 Å². The zero-order chi connectivity index (χ0) is 21.7. The molecule has 1 heterocycles. The Morgan fingerprint density at radius 3 is 2.27 bits per heavy atom. The number of nitrogens with one attached hydrogen (secondary N) is 1. The first kappa shape index (κ1) is 21.2. The van der Waals surface area contributed by atoms with Gasteiger partial charge in [-0.25, -0.2) is 4.79 Å². The summed E-state index contributed by atoms with van der Waals surface area (Å²) in [5, 5.41) is 2.73. The Morgan fingerprint density at radius 2 is 1.70 bits per heavy atom. The van der Waals surface area contributed by atoms with E-state index in [4.69, 9.17) is 14.2 Å². The Kier molecular flexibility index (Phi) is 6.56. The molecule has 8 heteroatoms. The van der Waals surface area contributed by atoms with Crippen molar-refractivity contribution in [2.45, 2.75) is 19.4 Å². The van der Waals surface area contributed by atoms with Gasteiger partial charge >= 0.3 is 5.97 Å². The van der Waals surface area contributed by atoms with Crippen molar-refractivity contribution in [1.82, 2.24) is 4.90 Å². The fraction of sp³-hybridized carbons (Fsp3) is 0.318. The molecular formula is C22H24N2O6. The van der Waals surface area contributed by atoms with Crippen molar-refractivity contribution >= 4 is 23.5 Å². The number of carbonyl (C=O) groups is 3. The van der Waals surface area contributed by atoms with Crippen LogP contribution in [0.3, 0.4) is 0 Å². The molecule has 0 bridgehead atoms. The molecule has 30 heavy (non-hydrogen) atoms. The highest BCUT2D eigenvalue weighted by Gasteiger charge is 2.21. The number of rotatable bonds is 7. The maximum absolute atomic E-state index is 12.7. The Hall–Kier alpha value is -3.55. The number of ether oxygens (including phenoxy) is 3. The normalized spacial score (nSPS) is 13.2. The first-order valence-electron chi connectivity index (χ1n) is 9.49. The minimum absolute atomic E-state index is 0.146. The number of likely N-dealkylation sites (tertiary alicyclic amines) is 1. The SMILES string of the molecule is COC(=O)c1cc(OC)c(OC)cc1NC(=O)c1ccc(CN2CCCC2=O)cc1. The number of benzene rings is 2. The highest BCUT2D eigenvalue weighted by atomic mass is 16.5. The van der Waals surface area contributed by atoms with Crippen LogP contribution in [-0.2, 0) is 16.1 Å². The lowest BCUT2D eigenvalue weighted by Crippen LogP contribution is -2.23. The van der Waals surface area contributed by atoms with Crippen LogP contribution in [0.25, 0.3) is 0 Å². The number of amides is 2. The summed E-state index contributed by atoms with van der Waals surface area (Å²) in [4.78, 5) is 38.5. The second-order valence-corrected chi connectivity index (χ2v) is 6.81. The third kappa shape index (κ3) is 4.53. The molecule has 3 rings (SSSR count). The molecule has 8 nitrogen and oxygen atoms in total. The molecule has 0 aromatic heterocycles. The van der Waals surface area contributed by atoms with Crippen LogP contribution >= 0.6 is 0 Å². The highest BCUT2D eigenvalue weighted by molar-refractivity contribution is 6.08. The number of hydrogen-bond acceptors (Lipinski definition) is 6. The van der Waals surface area contributed by atoms with E-state index in [2.05, 4.69) is 5.32 Å². The minimum atomic E-state index is -0.614. The fourth-order valence-electron chi connectivity index (χ4n) is 3.31. The lowest BCUT2D eigenvalue weighted by molar-refractivity contribution is -0.128. The lowest BCUT2D eigenvalue weighted by atomic mass is 10.1. The first-order chi connectivity index (χ1) is 14.5. The van der Waals surface area contributed by atoms with Crippen molar-refractivity contribution in [3.63, 3.8) is 0 Å². The van der Waals surface area contributed by atoms with Crippen LogP contribution in [-0.4, -0.2) is 50.6 Å². The summed E-state index contributed by atoms with van der Waals surface area (Å²) in [7, 11) is 4.17. The number of esters is 1. The van der Waals surface area contributed by atoms with E-state index in [-0.39, 0.29) is 17.2 Å². The van der Waals surface area contributed by atoms with Crippen molar-refractivity contribution in [1.29, 1.82) is 0 Å². The van der Waals surface area contributed by atoms with Gasteiger partial charge in [0.1, 0.15) is 0 Å². The van der Waals surface area contributed by atoms with E-state index in [1.165, 1.54) is 33.5 Å². The monoisotopic (exact) mass is 412 g/mol. The Labute approximate surface area is 174 Å². The van der Waals surface area contributed by atoms with Crippen LogP contribution in [0.2, 0.25) is 0 Å². The smallest absolute Gasteiger partial charge is 0.340 e. The number of nitrogens with zero attached hydrogens (tertiary/aromatic N) is 1. The van der Waals surface area contributed by atoms with Crippen molar-refractivity contribution in [3.05, 3.63) is 53.1 Å². The van der Waals surface area contributed by atoms with E-state index in [1.54, 1.807) is 17.0 Å². The van der Waals surface area contributed by atoms with E-state index < -0.39 is 11.9 Å². The van der Waals surface area contributed by atoms with Gasteiger partial charge < -0.3 is 24.4 Å². The van der Waals surface area contributed by atoms with Gasteiger partial charge in [-0.15, -0.1) is 0 Å². The van der Waals surface area contributed by atoms with Gasteiger partial charge in [-0.3, -0.25) is 9.59 Å². The molecule has 1 N–H and O–H groups in total. The zero-order valence-corrected chi connectivity index (χ0v) is 17.2. The number of hydrogen-bond donors (Lipinski definition) is 1. The van der Waals surface area contributed by atoms with Gasteiger partial charge in [0.25, 0.3) is 5.91 Å². The van der Waals surface area contributed by atoms with E-state index >= 15 is 0 Å². The number of anilines is 1. The molecule has 1 fully saturated rings. The molecule has 0 saturated carbocycles. The Balaban J connectivity index is 1.79. The van der Waals surface area contributed by atoms with Crippen LogP contribution in [0, 0.1) is 0 Å². The van der Waals surface area contributed by atoms with Crippen molar-refractivity contribution in [2.75, 3.05) is 33.2 Å². The predicted octanol–water partition coefficient (Wildman–Crippen LogP) is 2.87. The molecular weight excluding hydrogens is 388 g/mol.